The summed E-state index contributed by atoms with van der Waals surface area (Å²) in [6.45, 7) is 0.192. The summed E-state index contributed by atoms with van der Waals surface area (Å²) >= 11 is 0.908. The van der Waals surface area contributed by atoms with Crippen molar-refractivity contribution in [2.24, 2.45) is 11.8 Å². The van der Waals surface area contributed by atoms with E-state index >= 15 is 0 Å². The minimum Gasteiger partial charge on any atom is -0.481 e. The summed E-state index contributed by atoms with van der Waals surface area (Å²) in [6.07, 6.45) is -2.00. The van der Waals surface area contributed by atoms with Crippen LogP contribution < -0.4 is 5.32 Å². The molecule has 5 nitrogen and oxygen atoms in total. The molecule has 1 heterocycles. The van der Waals surface area contributed by atoms with Crippen LogP contribution >= 0.6 is 11.3 Å². The molecule has 0 bridgehead atoms. The molecule has 2 N–H and O–H groups in total. The summed E-state index contributed by atoms with van der Waals surface area (Å²) in [4.78, 5) is 26.5. The van der Waals surface area contributed by atoms with Gasteiger partial charge in [0.25, 0.3) is 0 Å². The van der Waals surface area contributed by atoms with Gasteiger partial charge in [-0.3, -0.25) is 9.59 Å². The number of halogens is 3. The van der Waals surface area contributed by atoms with Crippen LogP contribution in [0.3, 0.4) is 0 Å². The quantitative estimate of drug-likeness (QED) is 0.856. The number of nitrogens with one attached hydrogen (secondary N) is 1. The molecule has 2 atom stereocenters. The van der Waals surface area contributed by atoms with Crippen LogP contribution in [0.5, 0.6) is 0 Å². The molecule has 23 heavy (non-hydrogen) atoms. The highest BCUT2D eigenvalue weighted by Crippen LogP contribution is 2.30. The number of carbonyl (C=O) groups is 2. The number of carbonyl (C=O) groups excluding carboxylic acids is 1. The largest absolute Gasteiger partial charge is 0.481 e. The van der Waals surface area contributed by atoms with Gasteiger partial charge in [-0.2, -0.15) is 13.2 Å². The first-order valence-electron chi connectivity index (χ1n) is 7.29. The molecule has 1 saturated carbocycles. The molecule has 0 radical (unpaired) electrons. The predicted molar refractivity (Wildman–Crippen MR) is 76.9 cm³/mol. The second-order valence-electron chi connectivity index (χ2n) is 5.56. The average molecular weight is 350 g/mol. The van der Waals surface area contributed by atoms with Crippen molar-refractivity contribution in [2.45, 2.75) is 38.3 Å². The zero-order chi connectivity index (χ0) is 17.0. The van der Waals surface area contributed by atoms with E-state index in [0.29, 0.717) is 30.7 Å². The number of hydrogen-bond acceptors (Lipinski definition) is 4. The van der Waals surface area contributed by atoms with Crippen molar-refractivity contribution in [2.75, 3.05) is 6.54 Å². The topological polar surface area (TPSA) is 79.3 Å². The number of hydrogen-bond donors (Lipinski definition) is 2. The molecule has 1 fully saturated rings. The third-order valence-electron chi connectivity index (χ3n) is 3.87. The number of rotatable bonds is 5. The van der Waals surface area contributed by atoms with Crippen LogP contribution in [-0.2, 0) is 22.2 Å². The fourth-order valence-electron chi connectivity index (χ4n) is 2.65. The number of carboxylic acids is 1. The Morgan fingerprint density at radius 1 is 1.35 bits per heavy atom. The number of nitrogens with zero attached hydrogens (tertiary/aromatic N) is 1. The normalized spacial score (nSPS) is 21.9. The van der Waals surface area contributed by atoms with E-state index in [0.717, 1.165) is 16.7 Å². The maximum absolute atomic E-state index is 12.4. The highest BCUT2D eigenvalue weighted by atomic mass is 32.1. The van der Waals surface area contributed by atoms with Crippen LogP contribution in [0.2, 0.25) is 0 Å². The summed E-state index contributed by atoms with van der Waals surface area (Å²) in [6, 6.07) is 0. The Bertz CT molecular complexity index is 574. The van der Waals surface area contributed by atoms with Gasteiger partial charge in [-0.25, -0.2) is 4.98 Å². The molecule has 1 aliphatic rings. The van der Waals surface area contributed by atoms with E-state index in [9.17, 15) is 22.8 Å². The first kappa shape index (κ1) is 17.7. The molecular formula is C14H17F3N2O3S. The Hall–Kier alpha value is -1.64. The minimum absolute atomic E-state index is 0.192. The average Bonchev–Trinajstić information content (AvgIpc) is 2.96. The molecule has 0 aliphatic heterocycles. The number of carboxylic acid groups (broad SMARTS) is 1. The monoisotopic (exact) mass is 350 g/mol. The van der Waals surface area contributed by atoms with Gasteiger partial charge >= 0.3 is 12.1 Å². The Balaban J connectivity index is 1.78. The molecule has 0 spiro atoms. The highest BCUT2D eigenvalue weighted by molar-refractivity contribution is 7.09. The van der Waals surface area contributed by atoms with Crippen molar-refractivity contribution in [3.63, 3.8) is 0 Å². The number of aromatic nitrogens is 1. The Morgan fingerprint density at radius 2 is 2.04 bits per heavy atom. The van der Waals surface area contributed by atoms with Crippen molar-refractivity contribution in [1.82, 2.24) is 10.3 Å². The van der Waals surface area contributed by atoms with Gasteiger partial charge in [-0.05, 0) is 19.3 Å². The van der Waals surface area contributed by atoms with E-state index in [-0.39, 0.29) is 24.8 Å². The van der Waals surface area contributed by atoms with Crippen LogP contribution in [0.25, 0.3) is 0 Å². The molecular weight excluding hydrogens is 333 g/mol. The molecule has 0 saturated heterocycles. The van der Waals surface area contributed by atoms with Gasteiger partial charge in [0.15, 0.2) is 5.69 Å². The lowest BCUT2D eigenvalue weighted by Gasteiger charge is -2.25. The second kappa shape index (κ2) is 7.29. The first-order valence-corrected chi connectivity index (χ1v) is 8.17. The molecule has 2 rings (SSSR count). The molecule has 9 heteroatoms. The lowest BCUT2D eigenvalue weighted by Crippen LogP contribution is -2.36. The second-order valence-corrected chi connectivity index (χ2v) is 6.51. The van der Waals surface area contributed by atoms with Gasteiger partial charge in [-0.15, -0.1) is 11.3 Å². The van der Waals surface area contributed by atoms with Crippen molar-refractivity contribution in [3.05, 3.63) is 16.1 Å². The Kier molecular flexibility index (Phi) is 5.61. The third-order valence-corrected chi connectivity index (χ3v) is 4.78. The molecule has 0 aromatic carbocycles. The molecule has 1 aromatic rings. The molecule has 2 unspecified atom stereocenters. The summed E-state index contributed by atoms with van der Waals surface area (Å²) in [5.74, 6) is -1.95. The van der Waals surface area contributed by atoms with Crippen molar-refractivity contribution < 1.29 is 27.9 Å². The predicted octanol–water partition coefficient (Wildman–Crippen LogP) is 2.71. The van der Waals surface area contributed by atoms with Gasteiger partial charge in [0.05, 0.1) is 10.9 Å². The molecule has 1 aromatic heterocycles. The standard InChI is InChI=1S/C14H17F3N2O3S/c15-14(16,17)10-7-23-11(19-10)4-5-18-12(20)8-2-1-3-9(6-8)13(21)22/h7-9H,1-6H2,(H,18,20)(H,21,22). The van der Waals surface area contributed by atoms with Crippen molar-refractivity contribution >= 4 is 23.2 Å². The van der Waals surface area contributed by atoms with Gasteiger partial charge in [0, 0.05) is 24.3 Å². The molecule has 128 valence electrons. The number of aliphatic carboxylic acids is 1. The Morgan fingerprint density at radius 3 is 2.65 bits per heavy atom. The SMILES string of the molecule is O=C(O)C1CCCC(C(=O)NCCc2nc(C(F)(F)F)cs2)C1. The molecule has 1 aliphatic carbocycles. The van der Waals surface area contributed by atoms with E-state index in [1.165, 1.54) is 0 Å². The van der Waals surface area contributed by atoms with E-state index in [4.69, 9.17) is 5.11 Å². The van der Waals surface area contributed by atoms with E-state index in [2.05, 4.69) is 10.3 Å². The van der Waals surface area contributed by atoms with Crippen molar-refractivity contribution in [3.8, 4) is 0 Å². The van der Waals surface area contributed by atoms with Gasteiger partial charge < -0.3 is 10.4 Å². The zero-order valence-electron chi connectivity index (χ0n) is 12.2. The number of amides is 1. The maximum Gasteiger partial charge on any atom is 0.434 e. The van der Waals surface area contributed by atoms with E-state index < -0.39 is 23.8 Å². The van der Waals surface area contributed by atoms with Crippen LogP contribution in [0, 0.1) is 11.8 Å². The molecule has 1 amide bonds. The highest BCUT2D eigenvalue weighted by Gasteiger charge is 2.34. The fraction of sp³-hybridized carbons (Fsp3) is 0.643. The van der Waals surface area contributed by atoms with Crippen molar-refractivity contribution in [1.29, 1.82) is 0 Å². The van der Waals surface area contributed by atoms with Crippen LogP contribution in [-0.4, -0.2) is 28.5 Å². The van der Waals surface area contributed by atoms with E-state index in [1.807, 2.05) is 0 Å². The summed E-state index contributed by atoms with van der Waals surface area (Å²) in [7, 11) is 0. The van der Waals surface area contributed by atoms with Gasteiger partial charge in [0.1, 0.15) is 0 Å². The van der Waals surface area contributed by atoms with Gasteiger partial charge in [0.2, 0.25) is 5.91 Å². The summed E-state index contributed by atoms with van der Waals surface area (Å²) < 4.78 is 37.3. The van der Waals surface area contributed by atoms with E-state index in [1.54, 1.807) is 0 Å². The lowest BCUT2D eigenvalue weighted by atomic mass is 9.81. The third kappa shape index (κ3) is 4.92. The summed E-state index contributed by atoms with van der Waals surface area (Å²) in [5.41, 5.74) is -0.916. The number of alkyl halides is 3. The minimum atomic E-state index is -4.45. The lowest BCUT2D eigenvalue weighted by molar-refractivity contribution is -0.144. The van der Waals surface area contributed by atoms with Crippen LogP contribution in [0.1, 0.15) is 36.4 Å². The maximum atomic E-state index is 12.4. The Labute approximate surface area is 134 Å². The summed E-state index contributed by atoms with van der Waals surface area (Å²) in [5, 5.41) is 12.9. The zero-order valence-corrected chi connectivity index (χ0v) is 13.0. The smallest absolute Gasteiger partial charge is 0.434 e. The number of thiazole rings is 1. The fourth-order valence-corrected chi connectivity index (χ4v) is 3.45. The first-order chi connectivity index (χ1) is 10.8. The van der Waals surface area contributed by atoms with Gasteiger partial charge in [-0.1, -0.05) is 6.42 Å². The van der Waals surface area contributed by atoms with Crippen LogP contribution in [0.4, 0.5) is 13.2 Å². The van der Waals surface area contributed by atoms with Crippen LogP contribution in [0.15, 0.2) is 5.38 Å².